The van der Waals surface area contributed by atoms with Gasteiger partial charge in [0.25, 0.3) is 0 Å². The number of halogens is 1. The van der Waals surface area contributed by atoms with E-state index in [0.29, 0.717) is 0 Å². The summed E-state index contributed by atoms with van der Waals surface area (Å²) in [6.45, 7) is 5.34. The number of morpholine rings is 1. The van der Waals surface area contributed by atoms with Crippen LogP contribution in [-0.4, -0.2) is 38.0 Å². The molecule has 3 aromatic rings. The maximum atomic E-state index is 13.4. The third-order valence-electron chi connectivity index (χ3n) is 5.04. The van der Waals surface area contributed by atoms with Crippen LogP contribution in [0.3, 0.4) is 0 Å². The summed E-state index contributed by atoms with van der Waals surface area (Å²) in [5, 5.41) is 0. The number of ether oxygens (including phenoxy) is 2. The lowest BCUT2D eigenvalue weighted by molar-refractivity contribution is 0.122. The van der Waals surface area contributed by atoms with Crippen molar-refractivity contribution in [1.29, 1.82) is 0 Å². The van der Waals surface area contributed by atoms with Gasteiger partial charge in [0.15, 0.2) is 0 Å². The molecule has 4 rings (SSSR count). The predicted octanol–water partition coefficient (Wildman–Crippen LogP) is 4.44. The van der Waals surface area contributed by atoms with E-state index in [9.17, 15) is 4.39 Å². The molecule has 0 amide bonds. The van der Waals surface area contributed by atoms with Gasteiger partial charge < -0.3 is 18.9 Å². The van der Waals surface area contributed by atoms with E-state index in [0.717, 1.165) is 54.7 Å². The second-order valence-electron chi connectivity index (χ2n) is 6.64. The van der Waals surface area contributed by atoms with Crippen molar-refractivity contribution in [3.63, 3.8) is 0 Å². The van der Waals surface area contributed by atoms with E-state index >= 15 is 0 Å². The zero-order chi connectivity index (χ0) is 18.8. The van der Waals surface area contributed by atoms with Crippen LogP contribution in [0.4, 0.5) is 10.1 Å². The predicted molar refractivity (Wildman–Crippen MR) is 105 cm³/mol. The molecule has 0 saturated carbocycles. The Morgan fingerprint density at radius 1 is 0.963 bits per heavy atom. The molecule has 1 fully saturated rings. The first-order valence-electron chi connectivity index (χ1n) is 9.13. The van der Waals surface area contributed by atoms with Crippen LogP contribution in [0.15, 0.2) is 54.6 Å². The molecule has 4 nitrogen and oxygen atoms in total. The van der Waals surface area contributed by atoms with Crippen molar-refractivity contribution in [2.75, 3.05) is 38.3 Å². The summed E-state index contributed by atoms with van der Waals surface area (Å²) in [6, 6.07) is 16.9. The zero-order valence-electron chi connectivity index (χ0n) is 15.6. The number of anilines is 1. The van der Waals surface area contributed by atoms with Gasteiger partial charge >= 0.3 is 0 Å². The number of rotatable bonds is 4. The van der Waals surface area contributed by atoms with Crippen molar-refractivity contribution < 1.29 is 13.9 Å². The smallest absolute Gasteiger partial charge is 0.123 e. The Kier molecular flexibility index (Phi) is 4.86. The average molecular weight is 366 g/mol. The zero-order valence-corrected chi connectivity index (χ0v) is 15.6. The maximum absolute atomic E-state index is 13.4. The molecule has 2 heterocycles. The minimum Gasteiger partial charge on any atom is -0.497 e. The van der Waals surface area contributed by atoms with Crippen LogP contribution in [0.2, 0.25) is 0 Å². The molecule has 0 N–H and O–H groups in total. The van der Waals surface area contributed by atoms with Gasteiger partial charge in [0.1, 0.15) is 11.6 Å². The Morgan fingerprint density at radius 2 is 1.63 bits per heavy atom. The fourth-order valence-electron chi connectivity index (χ4n) is 3.62. The highest BCUT2D eigenvalue weighted by Crippen LogP contribution is 2.35. The average Bonchev–Trinajstić information content (AvgIpc) is 3.06. The Balaban J connectivity index is 1.85. The first-order chi connectivity index (χ1) is 13.2. The monoisotopic (exact) mass is 366 g/mol. The molecule has 1 saturated heterocycles. The molecule has 2 aromatic carbocycles. The fraction of sp³-hybridized carbons (Fsp3) is 0.273. The van der Waals surface area contributed by atoms with Gasteiger partial charge in [-0.25, -0.2) is 4.39 Å². The third-order valence-corrected chi connectivity index (χ3v) is 5.04. The molecule has 1 aliphatic rings. The van der Waals surface area contributed by atoms with E-state index in [1.54, 1.807) is 7.11 Å². The van der Waals surface area contributed by atoms with Crippen LogP contribution in [0.5, 0.6) is 5.75 Å². The second kappa shape index (κ2) is 7.45. The van der Waals surface area contributed by atoms with Gasteiger partial charge in [-0.3, -0.25) is 0 Å². The number of aromatic nitrogens is 1. The van der Waals surface area contributed by atoms with Crippen molar-refractivity contribution in [1.82, 2.24) is 4.57 Å². The van der Waals surface area contributed by atoms with Gasteiger partial charge in [-0.15, -0.1) is 0 Å². The van der Waals surface area contributed by atoms with Gasteiger partial charge in [0.05, 0.1) is 31.7 Å². The fourth-order valence-corrected chi connectivity index (χ4v) is 3.62. The van der Waals surface area contributed by atoms with E-state index in [1.807, 2.05) is 36.4 Å². The molecule has 27 heavy (non-hydrogen) atoms. The van der Waals surface area contributed by atoms with Crippen LogP contribution in [0.25, 0.3) is 16.9 Å². The third kappa shape index (κ3) is 3.43. The van der Waals surface area contributed by atoms with Crippen LogP contribution in [-0.2, 0) is 4.74 Å². The summed E-state index contributed by atoms with van der Waals surface area (Å²) in [5.41, 5.74) is 5.41. The van der Waals surface area contributed by atoms with Crippen molar-refractivity contribution in [2.45, 2.75) is 6.92 Å². The number of hydrogen-bond acceptors (Lipinski definition) is 3. The first-order valence-corrected chi connectivity index (χ1v) is 9.13. The molecule has 0 spiro atoms. The second-order valence-corrected chi connectivity index (χ2v) is 6.64. The molecule has 0 radical (unpaired) electrons. The maximum Gasteiger partial charge on any atom is 0.123 e. The van der Waals surface area contributed by atoms with Crippen LogP contribution < -0.4 is 9.64 Å². The molecule has 0 aliphatic carbocycles. The Bertz CT molecular complexity index is 911. The van der Waals surface area contributed by atoms with E-state index in [2.05, 4.69) is 22.5 Å². The Morgan fingerprint density at radius 3 is 2.26 bits per heavy atom. The molecule has 140 valence electrons. The summed E-state index contributed by atoms with van der Waals surface area (Å²) < 4.78 is 26.5. The van der Waals surface area contributed by atoms with Crippen LogP contribution >= 0.6 is 0 Å². The molecule has 0 atom stereocenters. The Labute approximate surface area is 158 Å². The van der Waals surface area contributed by atoms with E-state index < -0.39 is 0 Å². The lowest BCUT2D eigenvalue weighted by Gasteiger charge is -2.28. The summed E-state index contributed by atoms with van der Waals surface area (Å²) >= 11 is 0. The molecule has 0 unspecified atom stereocenters. The topological polar surface area (TPSA) is 26.6 Å². The minimum atomic E-state index is -0.230. The Hall–Kier alpha value is -2.79. The number of nitrogens with zero attached hydrogens (tertiary/aromatic N) is 2. The van der Waals surface area contributed by atoms with E-state index in [-0.39, 0.29) is 5.82 Å². The highest BCUT2D eigenvalue weighted by Gasteiger charge is 2.20. The lowest BCUT2D eigenvalue weighted by atomic mass is 10.1. The number of hydrogen-bond donors (Lipinski definition) is 0. The van der Waals surface area contributed by atoms with Crippen molar-refractivity contribution in [2.24, 2.45) is 0 Å². The molecular formula is C22H23FN2O2. The van der Waals surface area contributed by atoms with Gasteiger partial charge in [0.2, 0.25) is 0 Å². The highest BCUT2D eigenvalue weighted by atomic mass is 19.1. The van der Waals surface area contributed by atoms with Gasteiger partial charge in [0, 0.05) is 24.5 Å². The van der Waals surface area contributed by atoms with E-state index in [1.165, 1.54) is 17.8 Å². The van der Waals surface area contributed by atoms with Crippen molar-refractivity contribution >= 4 is 5.69 Å². The SMILES string of the molecule is COc1ccc(-n2c(-c3ccc(F)cc3)cc(N3CCOCC3)c2C)cc1. The minimum absolute atomic E-state index is 0.230. The molecule has 5 heteroatoms. The number of benzene rings is 2. The molecule has 0 bridgehead atoms. The quantitative estimate of drug-likeness (QED) is 0.683. The van der Waals surface area contributed by atoms with Crippen molar-refractivity contribution in [3.8, 4) is 22.7 Å². The van der Waals surface area contributed by atoms with Crippen LogP contribution in [0, 0.1) is 12.7 Å². The highest BCUT2D eigenvalue weighted by molar-refractivity contribution is 5.72. The number of methoxy groups -OCH3 is 1. The summed E-state index contributed by atoms with van der Waals surface area (Å²) in [5.74, 6) is 0.590. The molecule has 1 aliphatic heterocycles. The van der Waals surface area contributed by atoms with Gasteiger partial charge in [-0.05, 0) is 67.1 Å². The largest absolute Gasteiger partial charge is 0.497 e. The molecule has 1 aromatic heterocycles. The first kappa shape index (κ1) is 17.6. The summed E-state index contributed by atoms with van der Waals surface area (Å²) in [6.07, 6.45) is 0. The van der Waals surface area contributed by atoms with Gasteiger partial charge in [-0.1, -0.05) is 0 Å². The standard InChI is InChI=1S/C22H23FN2O2/c1-16-21(24-11-13-27-14-12-24)15-22(17-3-5-18(23)6-4-17)25(16)19-7-9-20(26-2)10-8-19/h3-10,15H,11-14H2,1-2H3. The lowest BCUT2D eigenvalue weighted by Crippen LogP contribution is -2.36. The van der Waals surface area contributed by atoms with E-state index in [4.69, 9.17) is 9.47 Å². The van der Waals surface area contributed by atoms with Crippen molar-refractivity contribution in [3.05, 3.63) is 66.1 Å². The van der Waals surface area contributed by atoms with Crippen LogP contribution in [0.1, 0.15) is 5.69 Å². The summed E-state index contributed by atoms with van der Waals surface area (Å²) in [4.78, 5) is 2.35. The normalized spacial score (nSPS) is 14.4. The molecular weight excluding hydrogens is 343 g/mol. The van der Waals surface area contributed by atoms with Gasteiger partial charge in [-0.2, -0.15) is 0 Å². The summed E-state index contributed by atoms with van der Waals surface area (Å²) in [7, 11) is 1.66.